The van der Waals surface area contributed by atoms with Crippen molar-refractivity contribution in [1.82, 2.24) is 5.32 Å². The van der Waals surface area contributed by atoms with Crippen LogP contribution in [0, 0.1) is 0 Å². The number of halogens is 1. The number of hydrogen-bond acceptors (Lipinski definition) is 2. The van der Waals surface area contributed by atoms with Crippen LogP contribution in [0.25, 0.3) is 0 Å². The fourth-order valence-electron chi connectivity index (χ4n) is 1.38. The van der Waals surface area contributed by atoms with Crippen LogP contribution in [0.4, 0.5) is 10.5 Å². The van der Waals surface area contributed by atoms with Gasteiger partial charge in [-0.2, -0.15) is 0 Å². The van der Waals surface area contributed by atoms with Crippen molar-refractivity contribution in [2.45, 2.75) is 13.3 Å². The molecule has 0 aliphatic heterocycles. The number of amides is 2. The van der Waals surface area contributed by atoms with Gasteiger partial charge in [-0.05, 0) is 31.5 Å². The highest BCUT2D eigenvalue weighted by Gasteiger charge is 2.10. The van der Waals surface area contributed by atoms with Gasteiger partial charge in [-0.15, -0.1) is 0 Å². The number of anilines is 1. The van der Waals surface area contributed by atoms with E-state index in [0.29, 0.717) is 12.2 Å². The number of carboxylic acid groups (broad SMARTS) is 1. The van der Waals surface area contributed by atoms with Crippen LogP contribution in [-0.2, 0) is 0 Å². The third-order valence-electron chi connectivity index (χ3n) is 2.29. The van der Waals surface area contributed by atoms with Gasteiger partial charge >= 0.3 is 12.0 Å². The van der Waals surface area contributed by atoms with Crippen LogP contribution in [0.1, 0.15) is 23.7 Å². The molecule has 0 radical (unpaired) electrons. The Kier molecular flexibility index (Phi) is 5.89. The van der Waals surface area contributed by atoms with E-state index in [1.54, 1.807) is 6.07 Å². The largest absolute Gasteiger partial charge is 0.478 e. The smallest absolute Gasteiger partial charge is 0.337 e. The maximum Gasteiger partial charge on any atom is 0.337 e. The number of allylic oxidation sites excluding steroid dienone is 1. The van der Waals surface area contributed by atoms with Gasteiger partial charge in [0.05, 0.1) is 10.6 Å². The topological polar surface area (TPSA) is 78.4 Å². The fourth-order valence-corrected chi connectivity index (χ4v) is 1.58. The summed E-state index contributed by atoms with van der Waals surface area (Å²) in [6.07, 6.45) is 4.58. The van der Waals surface area contributed by atoms with Crippen LogP contribution in [0.2, 0.25) is 5.02 Å². The molecule has 6 heteroatoms. The van der Waals surface area contributed by atoms with Gasteiger partial charge in [-0.25, -0.2) is 9.59 Å². The van der Waals surface area contributed by atoms with Crippen molar-refractivity contribution in [3.8, 4) is 0 Å². The maximum absolute atomic E-state index is 11.5. The van der Waals surface area contributed by atoms with Gasteiger partial charge in [0.25, 0.3) is 0 Å². The van der Waals surface area contributed by atoms with E-state index in [4.69, 9.17) is 16.7 Å². The van der Waals surface area contributed by atoms with E-state index >= 15 is 0 Å². The number of carbonyl (C=O) groups is 2. The van der Waals surface area contributed by atoms with Crippen LogP contribution >= 0.6 is 11.6 Å². The number of urea groups is 1. The molecule has 0 atom stereocenters. The maximum atomic E-state index is 11.5. The molecule has 0 fully saturated rings. The molecule has 0 bridgehead atoms. The number of rotatable bonds is 5. The van der Waals surface area contributed by atoms with Crippen LogP contribution in [0.5, 0.6) is 0 Å². The lowest BCUT2D eigenvalue weighted by molar-refractivity contribution is 0.0697. The van der Waals surface area contributed by atoms with Crippen molar-refractivity contribution >= 4 is 29.3 Å². The molecule has 0 heterocycles. The summed E-state index contributed by atoms with van der Waals surface area (Å²) in [7, 11) is 0. The SMILES string of the molecule is C/C=C/CCNC(=O)Nc1ccc(Cl)c(C(=O)O)c1. The minimum atomic E-state index is -1.14. The van der Waals surface area contributed by atoms with Gasteiger partial charge in [0, 0.05) is 12.2 Å². The van der Waals surface area contributed by atoms with Gasteiger partial charge in [0.2, 0.25) is 0 Å². The molecule has 5 nitrogen and oxygen atoms in total. The summed E-state index contributed by atoms with van der Waals surface area (Å²) in [6.45, 7) is 2.41. The Labute approximate surface area is 116 Å². The van der Waals surface area contributed by atoms with Crippen molar-refractivity contribution in [3.63, 3.8) is 0 Å². The first-order chi connectivity index (χ1) is 9.04. The van der Waals surface area contributed by atoms with E-state index in [9.17, 15) is 9.59 Å². The predicted octanol–water partition coefficient (Wildman–Crippen LogP) is 3.13. The minimum Gasteiger partial charge on any atom is -0.478 e. The van der Waals surface area contributed by atoms with E-state index in [0.717, 1.165) is 6.42 Å². The quantitative estimate of drug-likeness (QED) is 0.573. The normalized spacial score (nSPS) is 10.4. The highest BCUT2D eigenvalue weighted by molar-refractivity contribution is 6.33. The van der Waals surface area contributed by atoms with Crippen LogP contribution in [0.15, 0.2) is 30.4 Å². The molecule has 0 aromatic heterocycles. The Morgan fingerprint density at radius 2 is 2.16 bits per heavy atom. The zero-order valence-electron chi connectivity index (χ0n) is 10.4. The highest BCUT2D eigenvalue weighted by atomic mass is 35.5. The molecule has 0 aliphatic carbocycles. The monoisotopic (exact) mass is 282 g/mol. The summed E-state index contributed by atoms with van der Waals surface area (Å²) in [5, 5.41) is 14.2. The molecule has 2 amide bonds. The number of nitrogens with one attached hydrogen (secondary N) is 2. The lowest BCUT2D eigenvalue weighted by atomic mass is 10.2. The lowest BCUT2D eigenvalue weighted by Crippen LogP contribution is -2.29. The predicted molar refractivity (Wildman–Crippen MR) is 74.9 cm³/mol. The molecular formula is C13H15ClN2O3. The average molecular weight is 283 g/mol. The van der Waals surface area contributed by atoms with Crippen LogP contribution in [-0.4, -0.2) is 23.7 Å². The van der Waals surface area contributed by atoms with Crippen LogP contribution in [0.3, 0.4) is 0 Å². The first-order valence-electron chi connectivity index (χ1n) is 5.73. The third kappa shape index (κ3) is 5.01. The highest BCUT2D eigenvalue weighted by Crippen LogP contribution is 2.20. The first kappa shape index (κ1) is 15.0. The second-order valence-corrected chi connectivity index (χ2v) is 4.15. The number of carboxylic acids is 1. The third-order valence-corrected chi connectivity index (χ3v) is 2.62. The standard InChI is InChI=1S/C13H15ClN2O3/c1-2-3-4-7-15-13(19)16-9-5-6-11(14)10(8-9)12(17)18/h2-3,5-6,8H,4,7H2,1H3,(H,17,18)(H2,15,16,19)/b3-2+. The first-order valence-corrected chi connectivity index (χ1v) is 6.11. The summed E-state index contributed by atoms with van der Waals surface area (Å²) in [4.78, 5) is 22.4. The van der Waals surface area contributed by atoms with Gasteiger partial charge < -0.3 is 15.7 Å². The molecule has 3 N–H and O–H groups in total. The Balaban J connectivity index is 2.59. The minimum absolute atomic E-state index is 0.0478. The van der Waals surface area contributed by atoms with Gasteiger partial charge in [-0.1, -0.05) is 23.8 Å². The second-order valence-electron chi connectivity index (χ2n) is 3.74. The number of hydrogen-bond donors (Lipinski definition) is 3. The number of benzene rings is 1. The van der Waals surface area contributed by atoms with Crippen molar-refractivity contribution in [3.05, 3.63) is 40.9 Å². The van der Waals surface area contributed by atoms with E-state index in [-0.39, 0.29) is 16.6 Å². The van der Waals surface area contributed by atoms with Gasteiger partial charge in [0.15, 0.2) is 0 Å². The second kappa shape index (κ2) is 7.43. The summed E-state index contributed by atoms with van der Waals surface area (Å²) in [6, 6.07) is 3.90. The molecule has 1 aromatic carbocycles. The lowest BCUT2D eigenvalue weighted by Gasteiger charge is -2.08. The Morgan fingerprint density at radius 1 is 1.42 bits per heavy atom. The van der Waals surface area contributed by atoms with Crippen molar-refractivity contribution < 1.29 is 14.7 Å². The molecule has 0 aliphatic rings. The zero-order valence-corrected chi connectivity index (χ0v) is 11.2. The summed E-state index contributed by atoms with van der Waals surface area (Å²) in [5.74, 6) is -1.14. The van der Waals surface area contributed by atoms with Crippen LogP contribution < -0.4 is 10.6 Å². The van der Waals surface area contributed by atoms with E-state index < -0.39 is 5.97 Å². The number of aromatic carboxylic acids is 1. The average Bonchev–Trinajstić information content (AvgIpc) is 2.36. The van der Waals surface area contributed by atoms with Crippen molar-refractivity contribution in [2.75, 3.05) is 11.9 Å². The molecule has 0 spiro atoms. The molecule has 19 heavy (non-hydrogen) atoms. The van der Waals surface area contributed by atoms with E-state index in [1.165, 1.54) is 12.1 Å². The molecule has 0 saturated carbocycles. The molecule has 0 saturated heterocycles. The van der Waals surface area contributed by atoms with E-state index in [2.05, 4.69) is 10.6 Å². The summed E-state index contributed by atoms with van der Waals surface area (Å²) < 4.78 is 0. The number of carbonyl (C=O) groups excluding carboxylic acids is 1. The summed E-state index contributed by atoms with van der Waals surface area (Å²) >= 11 is 5.73. The zero-order chi connectivity index (χ0) is 14.3. The van der Waals surface area contributed by atoms with E-state index in [1.807, 2.05) is 19.1 Å². The van der Waals surface area contributed by atoms with Gasteiger partial charge in [-0.3, -0.25) is 0 Å². The summed E-state index contributed by atoms with van der Waals surface area (Å²) in [5.41, 5.74) is 0.332. The Bertz CT molecular complexity index is 501. The molecule has 102 valence electrons. The van der Waals surface area contributed by atoms with Gasteiger partial charge in [0.1, 0.15) is 0 Å². The molecular weight excluding hydrogens is 268 g/mol. The Morgan fingerprint density at radius 3 is 2.79 bits per heavy atom. The fraction of sp³-hybridized carbons (Fsp3) is 0.231. The molecule has 0 unspecified atom stereocenters. The van der Waals surface area contributed by atoms with Crippen molar-refractivity contribution in [2.24, 2.45) is 0 Å². The molecule has 1 aromatic rings. The van der Waals surface area contributed by atoms with Crippen molar-refractivity contribution in [1.29, 1.82) is 0 Å². The molecule has 1 rings (SSSR count). The Hall–Kier alpha value is -2.01.